The molecule has 156 valence electrons. The Morgan fingerprint density at radius 2 is 2.23 bits per heavy atom. The van der Waals surface area contributed by atoms with Crippen molar-refractivity contribution in [2.24, 2.45) is 5.92 Å². The van der Waals surface area contributed by atoms with Gasteiger partial charge in [0.1, 0.15) is 16.6 Å². The number of halogens is 2. The van der Waals surface area contributed by atoms with Gasteiger partial charge in [0.25, 0.3) is 0 Å². The minimum Gasteiger partial charge on any atom is -0.354 e. The maximum atomic E-state index is 14.3. The van der Waals surface area contributed by atoms with E-state index in [0.717, 1.165) is 35.3 Å². The van der Waals surface area contributed by atoms with E-state index in [1.54, 1.807) is 18.6 Å². The van der Waals surface area contributed by atoms with Crippen molar-refractivity contribution >= 4 is 32.8 Å². The third-order valence-electron chi connectivity index (χ3n) is 5.76. The van der Waals surface area contributed by atoms with E-state index in [2.05, 4.69) is 46.9 Å². The zero-order valence-corrected chi connectivity index (χ0v) is 18.1. The summed E-state index contributed by atoms with van der Waals surface area (Å²) >= 11 is 3.33. The molecule has 4 aromatic heterocycles. The van der Waals surface area contributed by atoms with Gasteiger partial charge in [0.2, 0.25) is 0 Å². The van der Waals surface area contributed by atoms with Gasteiger partial charge in [0.05, 0.1) is 17.9 Å². The fraction of sp³-hybridized carbons (Fsp3) is 0.273. The first kappa shape index (κ1) is 19.7. The van der Waals surface area contributed by atoms with E-state index in [0.29, 0.717) is 23.4 Å². The highest BCUT2D eigenvalue weighted by Crippen LogP contribution is 2.34. The molecule has 1 fully saturated rings. The maximum Gasteiger partial charge on any atom is 0.166 e. The normalized spacial score (nSPS) is 17.2. The summed E-state index contributed by atoms with van der Waals surface area (Å²) in [6, 6.07) is 4.99. The van der Waals surface area contributed by atoms with Crippen LogP contribution in [0.2, 0.25) is 0 Å². The zero-order chi connectivity index (χ0) is 21.4. The smallest absolute Gasteiger partial charge is 0.166 e. The summed E-state index contributed by atoms with van der Waals surface area (Å²) in [6.07, 6.45) is 14.3. The predicted octanol–water partition coefficient (Wildman–Crippen LogP) is 4.21. The van der Waals surface area contributed by atoms with Gasteiger partial charge < -0.3 is 9.88 Å². The van der Waals surface area contributed by atoms with Gasteiger partial charge in [-0.25, -0.2) is 19.3 Å². The molecule has 0 bridgehead atoms. The van der Waals surface area contributed by atoms with Gasteiger partial charge in [-0.1, -0.05) is 0 Å². The van der Waals surface area contributed by atoms with Crippen LogP contribution in [0.5, 0.6) is 0 Å². The van der Waals surface area contributed by atoms with Crippen molar-refractivity contribution < 1.29 is 4.39 Å². The van der Waals surface area contributed by atoms with Crippen LogP contribution < -0.4 is 4.90 Å². The van der Waals surface area contributed by atoms with E-state index in [4.69, 9.17) is 6.42 Å². The number of fused-ring (bicyclic) bond motifs is 1. The molecule has 0 aliphatic carbocycles. The number of nitrogens with zero attached hydrogens (tertiary/aromatic N) is 6. The number of pyridine rings is 1. The minimum atomic E-state index is -0.321. The molecular formula is C22H19BrFN7. The highest BCUT2D eigenvalue weighted by atomic mass is 79.9. The van der Waals surface area contributed by atoms with Crippen LogP contribution >= 0.6 is 15.9 Å². The lowest BCUT2D eigenvalue weighted by Gasteiger charge is -2.23. The number of H-pyrrole nitrogens is 1. The molecule has 0 amide bonds. The number of aromatic nitrogens is 6. The average Bonchev–Trinajstić information content (AvgIpc) is 3.53. The molecule has 1 aliphatic rings. The minimum absolute atomic E-state index is 0.00233. The highest BCUT2D eigenvalue weighted by molar-refractivity contribution is 9.10. The summed E-state index contributed by atoms with van der Waals surface area (Å²) in [4.78, 5) is 18.1. The largest absolute Gasteiger partial charge is 0.354 e. The summed E-state index contributed by atoms with van der Waals surface area (Å²) in [5, 5.41) is 5.55. The third-order valence-corrected chi connectivity index (χ3v) is 6.20. The molecule has 0 unspecified atom stereocenters. The maximum absolute atomic E-state index is 14.3. The van der Waals surface area contributed by atoms with Gasteiger partial charge >= 0.3 is 0 Å². The van der Waals surface area contributed by atoms with Crippen molar-refractivity contribution in [3.05, 3.63) is 53.5 Å². The van der Waals surface area contributed by atoms with Gasteiger partial charge in [-0.15, -0.1) is 12.3 Å². The fourth-order valence-electron chi connectivity index (χ4n) is 4.26. The third kappa shape index (κ3) is 3.68. The lowest BCUT2D eigenvalue weighted by atomic mass is 9.96. The first-order chi connectivity index (χ1) is 15.1. The van der Waals surface area contributed by atoms with E-state index >= 15 is 0 Å². The number of anilines is 1. The number of rotatable bonds is 5. The molecule has 1 aliphatic heterocycles. The van der Waals surface area contributed by atoms with Crippen LogP contribution in [0.4, 0.5) is 10.2 Å². The Labute approximate surface area is 186 Å². The number of nitrogens with one attached hydrogen (secondary N) is 1. The van der Waals surface area contributed by atoms with E-state index in [9.17, 15) is 4.39 Å². The lowest BCUT2D eigenvalue weighted by molar-refractivity contribution is 0.332. The Hall–Kier alpha value is -3.25. The van der Waals surface area contributed by atoms with Gasteiger partial charge in [-0.2, -0.15) is 5.10 Å². The van der Waals surface area contributed by atoms with Crippen LogP contribution in [0.25, 0.3) is 22.3 Å². The summed E-state index contributed by atoms with van der Waals surface area (Å²) in [7, 11) is 0. The second-order valence-corrected chi connectivity index (χ2v) is 8.39. The number of hydrogen-bond donors (Lipinski definition) is 1. The van der Waals surface area contributed by atoms with Crippen molar-refractivity contribution in [1.29, 1.82) is 0 Å². The van der Waals surface area contributed by atoms with Crippen LogP contribution in [0, 0.1) is 24.1 Å². The van der Waals surface area contributed by atoms with Crippen molar-refractivity contribution in [2.75, 3.05) is 18.0 Å². The average molecular weight is 480 g/mol. The van der Waals surface area contributed by atoms with Crippen molar-refractivity contribution in [1.82, 2.24) is 29.7 Å². The molecule has 31 heavy (non-hydrogen) atoms. The Morgan fingerprint density at radius 3 is 3.10 bits per heavy atom. The Bertz CT molecular complexity index is 1270. The molecule has 4 aromatic rings. The summed E-state index contributed by atoms with van der Waals surface area (Å²) in [5.74, 6) is 3.06. The number of aromatic amines is 1. The lowest BCUT2D eigenvalue weighted by Crippen LogP contribution is -2.26. The molecule has 5 heterocycles. The molecule has 1 N–H and O–H groups in total. The first-order valence-electron chi connectivity index (χ1n) is 9.97. The quantitative estimate of drug-likeness (QED) is 0.342. The summed E-state index contributed by atoms with van der Waals surface area (Å²) in [5.41, 5.74) is 2.52. The van der Waals surface area contributed by atoms with Crippen LogP contribution in [0.15, 0.2) is 47.7 Å². The van der Waals surface area contributed by atoms with Gasteiger partial charge in [-0.3, -0.25) is 4.68 Å². The highest BCUT2D eigenvalue weighted by Gasteiger charge is 2.32. The van der Waals surface area contributed by atoms with Crippen LogP contribution in [0.1, 0.15) is 18.9 Å². The van der Waals surface area contributed by atoms with E-state index in [1.807, 2.05) is 28.0 Å². The fourth-order valence-corrected chi connectivity index (χ4v) is 4.56. The molecule has 9 heteroatoms. The van der Waals surface area contributed by atoms with Gasteiger partial charge in [-0.05, 0) is 40.5 Å². The molecule has 1 saturated heterocycles. The van der Waals surface area contributed by atoms with E-state index in [-0.39, 0.29) is 17.8 Å². The Balaban J connectivity index is 1.42. The second-order valence-electron chi connectivity index (χ2n) is 7.58. The Kier molecular flexibility index (Phi) is 5.16. The van der Waals surface area contributed by atoms with Crippen molar-refractivity contribution in [3.63, 3.8) is 0 Å². The van der Waals surface area contributed by atoms with Crippen LogP contribution in [0.3, 0.4) is 0 Å². The van der Waals surface area contributed by atoms with Crippen molar-refractivity contribution in [3.8, 4) is 23.6 Å². The molecule has 0 radical (unpaired) electrons. The first-order valence-corrected chi connectivity index (χ1v) is 10.8. The summed E-state index contributed by atoms with van der Waals surface area (Å²) in [6.45, 7) is 1.38. The number of terminal acetylenes is 1. The van der Waals surface area contributed by atoms with Crippen molar-refractivity contribution in [2.45, 2.75) is 18.9 Å². The zero-order valence-electron chi connectivity index (χ0n) is 16.5. The SMILES string of the molecule is C#CC[C@@H]([C@H]1CCN(c2nc(Br)ccc2F)C1)n1cc(-c2ncnc3[nH]ccc23)cn1. The molecular weight excluding hydrogens is 461 g/mol. The molecule has 0 aromatic carbocycles. The molecule has 0 saturated carbocycles. The molecule has 0 spiro atoms. The summed E-state index contributed by atoms with van der Waals surface area (Å²) < 4.78 is 16.9. The van der Waals surface area contributed by atoms with E-state index < -0.39 is 0 Å². The molecule has 5 rings (SSSR count). The van der Waals surface area contributed by atoms with E-state index in [1.165, 1.54) is 6.07 Å². The molecule has 7 nitrogen and oxygen atoms in total. The Morgan fingerprint density at radius 1 is 1.32 bits per heavy atom. The second kappa shape index (κ2) is 8.12. The standard InChI is InChI=1S/C22H19BrFN7/c1-2-3-18(14-7-9-30(11-14)22-17(24)4-5-19(23)29-22)31-12-15(10-28-31)20-16-6-8-25-21(16)27-13-26-20/h1,4-6,8,10,12-14,18H,3,7,9,11H2,(H,25,26,27)/t14-,18-/m0/s1. The van der Waals surface area contributed by atoms with Crippen LogP contribution in [-0.4, -0.2) is 42.8 Å². The van der Waals surface area contributed by atoms with Crippen LogP contribution in [-0.2, 0) is 0 Å². The molecule has 2 atom stereocenters. The number of hydrogen-bond acceptors (Lipinski definition) is 5. The predicted molar refractivity (Wildman–Crippen MR) is 120 cm³/mol. The van der Waals surface area contributed by atoms with Gasteiger partial charge in [0, 0.05) is 48.8 Å². The van der Waals surface area contributed by atoms with Gasteiger partial charge in [0.15, 0.2) is 11.6 Å². The monoisotopic (exact) mass is 479 g/mol. The topological polar surface area (TPSA) is 75.5 Å².